The van der Waals surface area contributed by atoms with Crippen LogP contribution >= 0.6 is 23.1 Å². The molecule has 1 aliphatic heterocycles. The lowest BCUT2D eigenvalue weighted by Crippen LogP contribution is -2.39. The summed E-state index contributed by atoms with van der Waals surface area (Å²) < 4.78 is 0. The summed E-state index contributed by atoms with van der Waals surface area (Å²) >= 11 is 3.08. The zero-order valence-electron chi connectivity index (χ0n) is 14.1. The van der Waals surface area contributed by atoms with E-state index in [1.54, 1.807) is 17.7 Å². The summed E-state index contributed by atoms with van der Waals surface area (Å²) in [7, 11) is 4.02. The molecule has 1 fully saturated rings. The van der Waals surface area contributed by atoms with Gasteiger partial charge in [0.05, 0.1) is 18.4 Å². The van der Waals surface area contributed by atoms with Gasteiger partial charge in [0.2, 0.25) is 5.91 Å². The summed E-state index contributed by atoms with van der Waals surface area (Å²) in [5.74, 6) is 0.389. The second kappa shape index (κ2) is 7.35. The SMILES string of the molecule is Cc1cc2c(SCC(=O)N3C[C@H](N(C)C)C[C@H]3CO)ncnc2s1. The molecule has 0 aliphatic carbocycles. The summed E-state index contributed by atoms with van der Waals surface area (Å²) in [4.78, 5) is 27.3. The Hall–Kier alpha value is -1.22. The van der Waals surface area contributed by atoms with Crippen LogP contribution in [0.1, 0.15) is 11.3 Å². The molecule has 0 saturated carbocycles. The molecule has 0 bridgehead atoms. The van der Waals surface area contributed by atoms with Crippen LogP contribution in [0.25, 0.3) is 10.2 Å². The van der Waals surface area contributed by atoms with Crippen molar-refractivity contribution in [2.24, 2.45) is 0 Å². The molecule has 1 N–H and O–H groups in total. The van der Waals surface area contributed by atoms with Crippen LogP contribution in [-0.4, -0.2) is 75.9 Å². The number of likely N-dealkylation sites (tertiary alicyclic amines) is 1. The van der Waals surface area contributed by atoms with Crippen LogP contribution < -0.4 is 0 Å². The highest BCUT2D eigenvalue weighted by Crippen LogP contribution is 2.31. The Balaban J connectivity index is 1.68. The van der Waals surface area contributed by atoms with Gasteiger partial charge in [-0.25, -0.2) is 9.97 Å². The maximum Gasteiger partial charge on any atom is 0.233 e. The van der Waals surface area contributed by atoms with E-state index in [0.29, 0.717) is 18.3 Å². The van der Waals surface area contributed by atoms with Gasteiger partial charge in [-0.2, -0.15) is 0 Å². The molecule has 24 heavy (non-hydrogen) atoms. The van der Waals surface area contributed by atoms with Crippen LogP contribution in [-0.2, 0) is 4.79 Å². The second-order valence-corrected chi connectivity index (χ2v) is 8.48. The number of thiophene rings is 1. The molecule has 2 aromatic rings. The molecule has 0 spiro atoms. The summed E-state index contributed by atoms with van der Waals surface area (Å²) in [5, 5.41) is 11.4. The number of rotatable bonds is 5. The molecule has 2 atom stereocenters. The molecule has 1 aliphatic rings. The fraction of sp³-hybridized carbons (Fsp3) is 0.562. The Morgan fingerprint density at radius 3 is 3.00 bits per heavy atom. The molecule has 0 radical (unpaired) electrons. The first-order valence-corrected chi connectivity index (χ1v) is 9.70. The molecule has 0 aromatic carbocycles. The number of hydrogen-bond donors (Lipinski definition) is 1. The molecule has 3 heterocycles. The summed E-state index contributed by atoms with van der Waals surface area (Å²) in [6.07, 6.45) is 2.38. The first kappa shape index (κ1) is 17.6. The van der Waals surface area contributed by atoms with Crippen molar-refractivity contribution in [2.45, 2.75) is 30.5 Å². The standard InChI is InChI=1S/C16H22N4O2S2/c1-10-4-13-15(17-9-18-16(13)24-10)23-8-14(22)20-6-11(19(2)3)5-12(20)7-21/h4,9,11-12,21H,5-8H2,1-3H3/t11-,12+/m1/s1. The third kappa shape index (κ3) is 3.56. The Bertz CT molecular complexity index is 734. The number of amides is 1. The fourth-order valence-corrected chi connectivity index (χ4v) is 4.80. The van der Waals surface area contributed by atoms with Crippen LogP contribution in [0.2, 0.25) is 0 Å². The lowest BCUT2D eigenvalue weighted by Gasteiger charge is -2.23. The van der Waals surface area contributed by atoms with Crippen LogP contribution in [0.4, 0.5) is 0 Å². The van der Waals surface area contributed by atoms with E-state index in [1.807, 2.05) is 25.9 Å². The Labute approximate surface area is 149 Å². The quantitative estimate of drug-likeness (QED) is 0.640. The zero-order valence-corrected chi connectivity index (χ0v) is 15.7. The first-order valence-electron chi connectivity index (χ1n) is 7.90. The van der Waals surface area contributed by atoms with Gasteiger partial charge in [-0.1, -0.05) is 11.8 Å². The van der Waals surface area contributed by atoms with Gasteiger partial charge in [-0.15, -0.1) is 11.3 Å². The van der Waals surface area contributed by atoms with E-state index in [-0.39, 0.29) is 18.6 Å². The number of aliphatic hydroxyl groups is 1. The number of thioether (sulfide) groups is 1. The van der Waals surface area contributed by atoms with Crippen molar-refractivity contribution in [3.63, 3.8) is 0 Å². The van der Waals surface area contributed by atoms with Gasteiger partial charge in [0.25, 0.3) is 0 Å². The summed E-state index contributed by atoms with van der Waals surface area (Å²) in [5.41, 5.74) is 0. The molecular formula is C16H22N4O2S2. The highest BCUT2D eigenvalue weighted by atomic mass is 32.2. The van der Waals surface area contributed by atoms with E-state index in [4.69, 9.17) is 0 Å². The number of aliphatic hydroxyl groups excluding tert-OH is 1. The van der Waals surface area contributed by atoms with Crippen molar-refractivity contribution < 1.29 is 9.90 Å². The number of nitrogens with zero attached hydrogens (tertiary/aromatic N) is 4. The molecule has 1 amide bonds. The maximum atomic E-state index is 12.6. The first-order chi connectivity index (χ1) is 11.5. The van der Waals surface area contributed by atoms with Crippen LogP contribution in [0.3, 0.4) is 0 Å². The number of carbonyl (C=O) groups excluding carboxylic acids is 1. The number of carbonyl (C=O) groups is 1. The van der Waals surface area contributed by atoms with Gasteiger partial charge in [-0.3, -0.25) is 4.79 Å². The average molecular weight is 367 g/mol. The highest BCUT2D eigenvalue weighted by molar-refractivity contribution is 8.00. The van der Waals surface area contributed by atoms with Crippen molar-refractivity contribution in [1.29, 1.82) is 0 Å². The molecule has 130 valence electrons. The van der Waals surface area contributed by atoms with E-state index in [0.717, 1.165) is 21.7 Å². The van der Waals surface area contributed by atoms with Crippen molar-refractivity contribution in [1.82, 2.24) is 19.8 Å². The minimum atomic E-state index is -0.0840. The Kier molecular flexibility index (Phi) is 5.39. The van der Waals surface area contributed by atoms with E-state index in [2.05, 4.69) is 20.9 Å². The number of likely N-dealkylation sites (N-methyl/N-ethyl adjacent to an activating group) is 1. The van der Waals surface area contributed by atoms with Crippen molar-refractivity contribution in [3.05, 3.63) is 17.3 Å². The van der Waals surface area contributed by atoms with Crippen LogP contribution in [0.5, 0.6) is 0 Å². The zero-order chi connectivity index (χ0) is 17.3. The van der Waals surface area contributed by atoms with Gasteiger partial charge < -0.3 is 14.9 Å². The van der Waals surface area contributed by atoms with Crippen LogP contribution in [0, 0.1) is 6.92 Å². The molecule has 1 saturated heterocycles. The third-order valence-electron chi connectivity index (χ3n) is 4.40. The lowest BCUT2D eigenvalue weighted by molar-refractivity contribution is -0.129. The van der Waals surface area contributed by atoms with Crippen molar-refractivity contribution >= 4 is 39.2 Å². The number of hydrogen-bond acceptors (Lipinski definition) is 7. The van der Waals surface area contributed by atoms with E-state index in [1.165, 1.54) is 16.6 Å². The minimum Gasteiger partial charge on any atom is -0.394 e. The molecule has 3 rings (SSSR count). The van der Waals surface area contributed by atoms with Crippen LogP contribution in [0.15, 0.2) is 17.4 Å². The van der Waals surface area contributed by atoms with Gasteiger partial charge in [0, 0.05) is 22.8 Å². The smallest absolute Gasteiger partial charge is 0.233 e. The monoisotopic (exact) mass is 366 g/mol. The Morgan fingerprint density at radius 1 is 1.50 bits per heavy atom. The molecule has 0 unspecified atom stereocenters. The normalized spacial score (nSPS) is 21.1. The predicted octanol–water partition coefficient (Wildman–Crippen LogP) is 1.62. The maximum absolute atomic E-state index is 12.6. The highest BCUT2D eigenvalue weighted by Gasteiger charge is 2.35. The molecular weight excluding hydrogens is 344 g/mol. The van der Waals surface area contributed by atoms with Gasteiger partial charge in [0.15, 0.2) is 0 Å². The number of aryl methyl sites for hydroxylation is 1. The molecule has 2 aromatic heterocycles. The number of fused-ring (bicyclic) bond motifs is 1. The van der Waals surface area contributed by atoms with Gasteiger partial charge >= 0.3 is 0 Å². The topological polar surface area (TPSA) is 69.6 Å². The van der Waals surface area contributed by atoms with Gasteiger partial charge in [0.1, 0.15) is 16.2 Å². The van der Waals surface area contributed by atoms with Gasteiger partial charge in [-0.05, 0) is 33.5 Å². The minimum absolute atomic E-state index is 0.0161. The van der Waals surface area contributed by atoms with Crippen molar-refractivity contribution in [2.75, 3.05) is 33.0 Å². The molecule has 6 nitrogen and oxygen atoms in total. The van der Waals surface area contributed by atoms with Crippen molar-refractivity contribution in [3.8, 4) is 0 Å². The number of aromatic nitrogens is 2. The van der Waals surface area contributed by atoms with E-state index < -0.39 is 0 Å². The fourth-order valence-electron chi connectivity index (χ4n) is 3.03. The lowest BCUT2D eigenvalue weighted by atomic mass is 10.2. The Morgan fingerprint density at radius 2 is 2.29 bits per heavy atom. The summed E-state index contributed by atoms with van der Waals surface area (Å²) in [6.45, 7) is 2.74. The third-order valence-corrected chi connectivity index (χ3v) is 6.35. The predicted molar refractivity (Wildman–Crippen MR) is 97.6 cm³/mol. The largest absolute Gasteiger partial charge is 0.394 e. The second-order valence-electron chi connectivity index (χ2n) is 6.28. The van der Waals surface area contributed by atoms with E-state index >= 15 is 0 Å². The average Bonchev–Trinajstić information content (AvgIpc) is 3.15. The van der Waals surface area contributed by atoms with E-state index in [9.17, 15) is 9.90 Å². The summed E-state index contributed by atoms with van der Waals surface area (Å²) in [6, 6.07) is 2.29. The molecule has 8 heteroatoms.